The summed E-state index contributed by atoms with van der Waals surface area (Å²) in [7, 11) is 1.68. The van der Waals surface area contributed by atoms with E-state index in [9.17, 15) is 0 Å². The average Bonchev–Trinajstić information content (AvgIpc) is 3.31. The minimum atomic E-state index is 0.334. The van der Waals surface area contributed by atoms with Crippen LogP contribution in [0.3, 0.4) is 0 Å². The Labute approximate surface area is 147 Å². The van der Waals surface area contributed by atoms with Gasteiger partial charge in [-0.15, -0.1) is 11.3 Å². The molecule has 0 aliphatic carbocycles. The van der Waals surface area contributed by atoms with Gasteiger partial charge in [-0.1, -0.05) is 12.1 Å². The maximum absolute atomic E-state index is 5.88. The molecule has 0 spiro atoms. The molecule has 0 saturated carbocycles. The Morgan fingerprint density at radius 2 is 2.25 bits per heavy atom. The fourth-order valence-corrected chi connectivity index (χ4v) is 3.51. The third-order valence-corrected chi connectivity index (χ3v) is 5.18. The summed E-state index contributed by atoms with van der Waals surface area (Å²) in [5.74, 6) is 1.55. The van der Waals surface area contributed by atoms with Gasteiger partial charge < -0.3 is 19.5 Å². The number of rotatable bonds is 8. The first-order valence-electron chi connectivity index (χ1n) is 8.43. The summed E-state index contributed by atoms with van der Waals surface area (Å²) in [6.07, 6.45) is 2.65. The van der Waals surface area contributed by atoms with Crippen molar-refractivity contribution in [3.05, 3.63) is 46.2 Å². The highest BCUT2D eigenvalue weighted by Gasteiger charge is 2.21. The first-order chi connectivity index (χ1) is 11.8. The zero-order chi connectivity index (χ0) is 16.8. The molecule has 3 rings (SSSR count). The van der Waals surface area contributed by atoms with Gasteiger partial charge in [0.05, 0.1) is 13.2 Å². The van der Waals surface area contributed by atoms with Crippen molar-refractivity contribution < 1.29 is 14.2 Å². The first-order valence-corrected chi connectivity index (χ1v) is 9.31. The molecule has 1 N–H and O–H groups in total. The van der Waals surface area contributed by atoms with Gasteiger partial charge in [-0.3, -0.25) is 0 Å². The van der Waals surface area contributed by atoms with Crippen molar-refractivity contribution in [1.82, 2.24) is 5.32 Å². The summed E-state index contributed by atoms with van der Waals surface area (Å²) < 4.78 is 17.1. The molecule has 1 fully saturated rings. The topological polar surface area (TPSA) is 39.7 Å². The Bertz CT molecular complexity index is 624. The number of ether oxygens (including phenoxy) is 3. The van der Waals surface area contributed by atoms with E-state index in [-0.39, 0.29) is 0 Å². The summed E-state index contributed by atoms with van der Waals surface area (Å²) >= 11 is 1.69. The second-order valence-electron chi connectivity index (χ2n) is 6.07. The number of thiophene rings is 1. The number of benzene rings is 1. The van der Waals surface area contributed by atoms with Crippen LogP contribution in [0.5, 0.6) is 11.5 Å². The van der Waals surface area contributed by atoms with Gasteiger partial charge >= 0.3 is 0 Å². The fraction of sp³-hybridized carbons (Fsp3) is 0.474. The molecule has 130 valence electrons. The lowest BCUT2D eigenvalue weighted by Crippen LogP contribution is -2.36. The molecule has 0 amide bonds. The van der Waals surface area contributed by atoms with Gasteiger partial charge in [-0.05, 0) is 48.9 Å². The predicted octanol–water partition coefficient (Wildman–Crippen LogP) is 3.99. The van der Waals surface area contributed by atoms with Crippen molar-refractivity contribution in [2.75, 3.05) is 13.7 Å². The van der Waals surface area contributed by atoms with Gasteiger partial charge in [0, 0.05) is 24.1 Å². The lowest BCUT2D eigenvalue weighted by Gasteiger charge is -2.20. The highest BCUT2D eigenvalue weighted by molar-refractivity contribution is 7.09. The summed E-state index contributed by atoms with van der Waals surface area (Å²) in [5.41, 5.74) is 1.18. The van der Waals surface area contributed by atoms with Crippen molar-refractivity contribution in [1.29, 1.82) is 0 Å². The normalized spacial score (nSPS) is 18.5. The molecule has 2 aromatic rings. The minimum absolute atomic E-state index is 0.334. The molecule has 2 unspecified atom stereocenters. The Morgan fingerprint density at radius 3 is 2.96 bits per heavy atom. The number of hydrogen-bond acceptors (Lipinski definition) is 5. The van der Waals surface area contributed by atoms with Crippen LogP contribution >= 0.6 is 11.3 Å². The Balaban J connectivity index is 1.56. The number of nitrogens with one attached hydrogen (secondary N) is 1. The summed E-state index contributed by atoms with van der Waals surface area (Å²) in [5, 5.41) is 5.60. The quantitative estimate of drug-likeness (QED) is 0.784. The van der Waals surface area contributed by atoms with Gasteiger partial charge in [-0.2, -0.15) is 0 Å². The van der Waals surface area contributed by atoms with E-state index >= 15 is 0 Å². The summed E-state index contributed by atoms with van der Waals surface area (Å²) in [4.78, 5) is 1.20. The molecule has 4 nitrogen and oxygen atoms in total. The average molecular weight is 347 g/mol. The maximum Gasteiger partial charge on any atom is 0.161 e. The molecule has 2 heterocycles. The standard InChI is InChI=1S/C19H25NO3S/c1-14(17-6-3-9-22-17)20-12-15-7-8-18(19(11-15)21-2)23-13-16-5-4-10-24-16/h4-5,7-8,10-11,14,17,20H,3,6,9,12-13H2,1-2H3. The Kier molecular flexibility index (Phi) is 6.12. The molecule has 1 aromatic heterocycles. The van der Waals surface area contributed by atoms with Crippen LogP contribution in [0, 0.1) is 0 Å². The Morgan fingerprint density at radius 1 is 1.33 bits per heavy atom. The third-order valence-electron chi connectivity index (χ3n) is 4.33. The van der Waals surface area contributed by atoms with Crippen molar-refractivity contribution in [3.63, 3.8) is 0 Å². The Hall–Kier alpha value is -1.56. The van der Waals surface area contributed by atoms with Gasteiger partial charge in [0.25, 0.3) is 0 Å². The van der Waals surface area contributed by atoms with Crippen molar-refractivity contribution >= 4 is 11.3 Å². The molecule has 1 aromatic carbocycles. The second-order valence-corrected chi connectivity index (χ2v) is 7.11. The molecule has 0 bridgehead atoms. The highest BCUT2D eigenvalue weighted by Crippen LogP contribution is 2.29. The minimum Gasteiger partial charge on any atom is -0.493 e. The van der Waals surface area contributed by atoms with E-state index in [1.807, 2.05) is 18.2 Å². The van der Waals surface area contributed by atoms with E-state index in [0.717, 1.165) is 31.1 Å². The van der Waals surface area contributed by atoms with Crippen LogP contribution in [0.2, 0.25) is 0 Å². The van der Waals surface area contributed by atoms with Gasteiger partial charge in [0.15, 0.2) is 11.5 Å². The molecular weight excluding hydrogens is 322 g/mol. The molecule has 0 radical (unpaired) electrons. The molecule has 2 atom stereocenters. The van der Waals surface area contributed by atoms with Crippen LogP contribution in [-0.2, 0) is 17.9 Å². The van der Waals surface area contributed by atoms with E-state index in [1.54, 1.807) is 18.4 Å². The van der Waals surface area contributed by atoms with Crippen LogP contribution in [0.25, 0.3) is 0 Å². The van der Waals surface area contributed by atoms with E-state index < -0.39 is 0 Å². The van der Waals surface area contributed by atoms with Crippen LogP contribution in [0.1, 0.15) is 30.2 Å². The van der Waals surface area contributed by atoms with Crippen LogP contribution in [0.15, 0.2) is 35.7 Å². The van der Waals surface area contributed by atoms with Crippen LogP contribution in [0.4, 0.5) is 0 Å². The van der Waals surface area contributed by atoms with E-state index in [1.165, 1.54) is 16.9 Å². The van der Waals surface area contributed by atoms with Crippen LogP contribution in [-0.4, -0.2) is 25.9 Å². The molecule has 1 saturated heterocycles. The van der Waals surface area contributed by atoms with E-state index in [2.05, 4.69) is 29.8 Å². The van der Waals surface area contributed by atoms with Crippen molar-refractivity contribution in [2.24, 2.45) is 0 Å². The number of methoxy groups -OCH3 is 1. The molecular formula is C19H25NO3S. The largest absolute Gasteiger partial charge is 0.493 e. The summed E-state index contributed by atoms with van der Waals surface area (Å²) in [6.45, 7) is 4.44. The van der Waals surface area contributed by atoms with Crippen LogP contribution < -0.4 is 14.8 Å². The maximum atomic E-state index is 5.88. The van der Waals surface area contributed by atoms with Gasteiger partial charge in [-0.25, -0.2) is 0 Å². The van der Waals surface area contributed by atoms with Gasteiger partial charge in [0.2, 0.25) is 0 Å². The fourth-order valence-electron chi connectivity index (χ4n) is 2.89. The smallest absolute Gasteiger partial charge is 0.161 e. The first kappa shape index (κ1) is 17.3. The predicted molar refractivity (Wildman–Crippen MR) is 96.9 cm³/mol. The zero-order valence-corrected chi connectivity index (χ0v) is 15.1. The van der Waals surface area contributed by atoms with Crippen molar-refractivity contribution in [3.8, 4) is 11.5 Å². The van der Waals surface area contributed by atoms with E-state index in [4.69, 9.17) is 14.2 Å². The lowest BCUT2D eigenvalue weighted by molar-refractivity contribution is 0.0832. The monoisotopic (exact) mass is 347 g/mol. The second kappa shape index (κ2) is 8.51. The molecule has 1 aliphatic heterocycles. The highest BCUT2D eigenvalue weighted by atomic mass is 32.1. The zero-order valence-electron chi connectivity index (χ0n) is 14.3. The third kappa shape index (κ3) is 4.50. The molecule has 5 heteroatoms. The van der Waals surface area contributed by atoms with Gasteiger partial charge in [0.1, 0.15) is 6.61 Å². The number of hydrogen-bond donors (Lipinski definition) is 1. The lowest BCUT2D eigenvalue weighted by atomic mass is 10.1. The SMILES string of the molecule is COc1cc(CNC(C)C2CCCO2)ccc1OCc1cccs1. The summed E-state index contributed by atoms with van der Waals surface area (Å²) in [6, 6.07) is 10.6. The van der Waals surface area contributed by atoms with E-state index in [0.29, 0.717) is 18.8 Å². The molecule has 24 heavy (non-hydrogen) atoms. The van der Waals surface area contributed by atoms with Crippen molar-refractivity contribution in [2.45, 2.75) is 45.1 Å². The molecule has 1 aliphatic rings.